The Bertz CT molecular complexity index is 570. The van der Waals surface area contributed by atoms with Crippen LogP contribution in [-0.2, 0) is 4.79 Å². The van der Waals surface area contributed by atoms with Crippen molar-refractivity contribution in [2.75, 3.05) is 5.32 Å². The maximum atomic E-state index is 11.9. The molecule has 0 spiro atoms. The van der Waals surface area contributed by atoms with Gasteiger partial charge in [-0.1, -0.05) is 6.07 Å². The number of nitrogens with zero attached hydrogens (tertiary/aromatic N) is 1. The zero-order chi connectivity index (χ0) is 12.6. The lowest BCUT2D eigenvalue weighted by molar-refractivity contribution is -0.118. The Morgan fingerprint density at radius 3 is 2.61 bits per heavy atom. The smallest absolute Gasteiger partial charge is 0.244 e. The van der Waals surface area contributed by atoms with Crippen LogP contribution in [0.15, 0.2) is 48.8 Å². The molecular weight excluding hydrogens is 226 g/mol. The van der Waals surface area contributed by atoms with E-state index >= 15 is 0 Å². The van der Waals surface area contributed by atoms with Crippen LogP contribution < -0.4 is 11.1 Å². The van der Waals surface area contributed by atoms with E-state index in [1.807, 2.05) is 53.4 Å². The lowest BCUT2D eigenvalue weighted by Crippen LogP contribution is -2.37. The maximum Gasteiger partial charge on any atom is 0.244 e. The fourth-order valence-corrected chi connectivity index (χ4v) is 1.87. The largest absolute Gasteiger partial charge is 0.324 e. The minimum absolute atomic E-state index is 0.0906. The molecule has 0 bridgehead atoms. The van der Waals surface area contributed by atoms with Gasteiger partial charge in [-0.2, -0.15) is 0 Å². The molecule has 1 saturated carbocycles. The number of carbonyl (C=O) groups excluding carboxylic acids is 1. The van der Waals surface area contributed by atoms with E-state index in [2.05, 4.69) is 5.32 Å². The zero-order valence-corrected chi connectivity index (χ0v) is 9.97. The molecule has 1 aromatic carbocycles. The first kappa shape index (κ1) is 11.0. The Hall–Kier alpha value is -2.07. The van der Waals surface area contributed by atoms with Gasteiger partial charge >= 0.3 is 0 Å². The van der Waals surface area contributed by atoms with Crippen molar-refractivity contribution in [1.29, 1.82) is 0 Å². The number of rotatable bonds is 3. The van der Waals surface area contributed by atoms with E-state index in [-0.39, 0.29) is 5.91 Å². The van der Waals surface area contributed by atoms with E-state index in [9.17, 15) is 4.79 Å². The predicted molar refractivity (Wildman–Crippen MR) is 70.6 cm³/mol. The monoisotopic (exact) mass is 241 g/mol. The SMILES string of the molecule is NC1(C(=O)Nc2cccc(-n3cccc3)c2)CC1. The number of nitrogens with one attached hydrogen (secondary N) is 1. The molecule has 0 saturated heterocycles. The Morgan fingerprint density at radius 1 is 1.22 bits per heavy atom. The van der Waals surface area contributed by atoms with Gasteiger partial charge < -0.3 is 15.6 Å². The van der Waals surface area contributed by atoms with E-state index < -0.39 is 5.54 Å². The first-order valence-electron chi connectivity index (χ1n) is 6.01. The van der Waals surface area contributed by atoms with E-state index in [4.69, 9.17) is 5.73 Å². The minimum Gasteiger partial charge on any atom is -0.324 e. The molecule has 0 radical (unpaired) electrons. The van der Waals surface area contributed by atoms with E-state index in [0.29, 0.717) is 0 Å². The van der Waals surface area contributed by atoms with Crippen molar-refractivity contribution in [2.45, 2.75) is 18.4 Å². The summed E-state index contributed by atoms with van der Waals surface area (Å²) in [5, 5.41) is 2.87. The number of carbonyl (C=O) groups is 1. The quantitative estimate of drug-likeness (QED) is 0.862. The molecule has 92 valence electrons. The van der Waals surface area contributed by atoms with Crippen molar-refractivity contribution in [2.24, 2.45) is 5.73 Å². The van der Waals surface area contributed by atoms with Crippen LogP contribution in [0.3, 0.4) is 0 Å². The van der Waals surface area contributed by atoms with Gasteiger partial charge in [-0.15, -0.1) is 0 Å². The molecule has 2 aromatic rings. The molecule has 1 heterocycles. The van der Waals surface area contributed by atoms with Crippen LogP contribution in [0.1, 0.15) is 12.8 Å². The lowest BCUT2D eigenvalue weighted by Gasteiger charge is -2.11. The molecule has 4 nitrogen and oxygen atoms in total. The summed E-state index contributed by atoms with van der Waals surface area (Å²) in [6.45, 7) is 0. The van der Waals surface area contributed by atoms with Gasteiger partial charge in [0.2, 0.25) is 5.91 Å². The summed E-state index contributed by atoms with van der Waals surface area (Å²) < 4.78 is 1.99. The topological polar surface area (TPSA) is 60.1 Å². The van der Waals surface area contributed by atoms with Crippen molar-refractivity contribution in [3.05, 3.63) is 48.8 Å². The summed E-state index contributed by atoms with van der Waals surface area (Å²) in [5.41, 5.74) is 7.01. The molecule has 1 fully saturated rings. The summed E-state index contributed by atoms with van der Waals surface area (Å²) in [7, 11) is 0. The van der Waals surface area contributed by atoms with Crippen LogP contribution in [0.25, 0.3) is 5.69 Å². The number of benzene rings is 1. The average molecular weight is 241 g/mol. The number of nitrogens with two attached hydrogens (primary N) is 1. The number of amides is 1. The molecule has 1 aliphatic carbocycles. The summed E-state index contributed by atoms with van der Waals surface area (Å²) in [6, 6.07) is 11.6. The molecule has 0 aliphatic heterocycles. The van der Waals surface area contributed by atoms with Crippen molar-refractivity contribution in [3.8, 4) is 5.69 Å². The number of hydrogen-bond donors (Lipinski definition) is 2. The third-order valence-electron chi connectivity index (χ3n) is 3.25. The zero-order valence-electron chi connectivity index (χ0n) is 9.97. The van der Waals surface area contributed by atoms with Gasteiger partial charge in [-0.3, -0.25) is 4.79 Å². The number of aromatic nitrogens is 1. The highest BCUT2D eigenvalue weighted by Crippen LogP contribution is 2.33. The molecule has 18 heavy (non-hydrogen) atoms. The van der Waals surface area contributed by atoms with Gasteiger partial charge in [0, 0.05) is 23.8 Å². The van der Waals surface area contributed by atoms with Gasteiger partial charge in [0.15, 0.2) is 0 Å². The molecule has 1 aliphatic rings. The van der Waals surface area contributed by atoms with Gasteiger partial charge in [-0.25, -0.2) is 0 Å². The first-order chi connectivity index (χ1) is 8.67. The van der Waals surface area contributed by atoms with E-state index in [0.717, 1.165) is 24.2 Å². The van der Waals surface area contributed by atoms with Gasteiger partial charge in [0.25, 0.3) is 0 Å². The van der Waals surface area contributed by atoms with Gasteiger partial charge in [0.1, 0.15) is 0 Å². The predicted octanol–water partition coefficient (Wildman–Crippen LogP) is 1.91. The number of hydrogen-bond acceptors (Lipinski definition) is 2. The standard InChI is InChI=1S/C14H15N3O/c15-14(6-7-14)13(18)16-11-4-3-5-12(10-11)17-8-1-2-9-17/h1-5,8-10H,6-7,15H2,(H,16,18). The van der Waals surface area contributed by atoms with Crippen LogP contribution in [0.4, 0.5) is 5.69 Å². The second kappa shape index (κ2) is 3.99. The second-order valence-electron chi connectivity index (χ2n) is 4.75. The summed E-state index contributed by atoms with van der Waals surface area (Å²) in [4.78, 5) is 11.9. The number of anilines is 1. The lowest BCUT2D eigenvalue weighted by atomic mass is 10.2. The molecule has 3 N–H and O–H groups in total. The molecule has 0 atom stereocenters. The maximum absolute atomic E-state index is 11.9. The van der Waals surface area contributed by atoms with E-state index in [1.165, 1.54) is 0 Å². The van der Waals surface area contributed by atoms with E-state index in [1.54, 1.807) is 0 Å². The first-order valence-corrected chi connectivity index (χ1v) is 6.01. The van der Waals surface area contributed by atoms with Crippen LogP contribution >= 0.6 is 0 Å². The summed E-state index contributed by atoms with van der Waals surface area (Å²) >= 11 is 0. The van der Waals surface area contributed by atoms with Crippen LogP contribution in [-0.4, -0.2) is 16.0 Å². The van der Waals surface area contributed by atoms with Crippen molar-refractivity contribution in [3.63, 3.8) is 0 Å². The summed E-state index contributed by atoms with van der Waals surface area (Å²) in [6.07, 6.45) is 5.48. The Morgan fingerprint density at radius 2 is 1.94 bits per heavy atom. The third-order valence-corrected chi connectivity index (χ3v) is 3.25. The minimum atomic E-state index is -0.635. The highest BCUT2D eigenvalue weighted by Gasteiger charge is 2.45. The Labute approximate surface area is 105 Å². The molecule has 0 unspecified atom stereocenters. The Balaban J connectivity index is 1.81. The van der Waals surface area contributed by atoms with Crippen molar-refractivity contribution in [1.82, 2.24) is 4.57 Å². The van der Waals surface area contributed by atoms with Crippen LogP contribution in [0.5, 0.6) is 0 Å². The summed E-state index contributed by atoms with van der Waals surface area (Å²) in [5.74, 6) is -0.0906. The van der Waals surface area contributed by atoms with Crippen molar-refractivity contribution >= 4 is 11.6 Å². The molecule has 3 rings (SSSR count). The highest BCUT2D eigenvalue weighted by atomic mass is 16.2. The van der Waals surface area contributed by atoms with Crippen LogP contribution in [0.2, 0.25) is 0 Å². The van der Waals surface area contributed by atoms with Gasteiger partial charge in [0.05, 0.1) is 5.54 Å². The fraction of sp³-hybridized carbons (Fsp3) is 0.214. The average Bonchev–Trinajstić information content (AvgIpc) is 2.93. The highest BCUT2D eigenvalue weighted by molar-refractivity contribution is 6.00. The fourth-order valence-electron chi connectivity index (χ4n) is 1.87. The molecule has 4 heteroatoms. The third kappa shape index (κ3) is 2.02. The van der Waals surface area contributed by atoms with Crippen LogP contribution in [0, 0.1) is 0 Å². The molecule has 1 aromatic heterocycles. The van der Waals surface area contributed by atoms with Crippen molar-refractivity contribution < 1.29 is 4.79 Å². The molecular formula is C14H15N3O. The molecule has 1 amide bonds. The normalized spacial score (nSPS) is 16.3. The Kier molecular flexibility index (Phi) is 2.45. The second-order valence-corrected chi connectivity index (χ2v) is 4.75. The van der Waals surface area contributed by atoms with Gasteiger partial charge in [-0.05, 0) is 43.2 Å².